The van der Waals surface area contributed by atoms with Gasteiger partial charge in [-0.1, -0.05) is 11.2 Å². The van der Waals surface area contributed by atoms with Crippen LogP contribution in [0.5, 0.6) is 0 Å². The SMILES string of the molecule is COCC(=O)N(Cc1cccnc1)C1CCCN(S(=O)(=O)c2c(C)noc2C)C1. The van der Waals surface area contributed by atoms with E-state index in [9.17, 15) is 13.2 Å². The van der Waals surface area contributed by atoms with E-state index < -0.39 is 10.0 Å². The zero-order valence-corrected chi connectivity index (χ0v) is 17.7. The lowest BCUT2D eigenvalue weighted by molar-refractivity contribution is -0.139. The highest BCUT2D eigenvalue weighted by Crippen LogP contribution is 2.27. The number of aryl methyl sites for hydroxylation is 2. The monoisotopic (exact) mass is 422 g/mol. The predicted molar refractivity (Wildman–Crippen MR) is 104 cm³/mol. The Morgan fingerprint density at radius 3 is 2.83 bits per heavy atom. The number of nitrogens with zero attached hydrogens (tertiary/aromatic N) is 4. The van der Waals surface area contributed by atoms with Crippen molar-refractivity contribution in [3.63, 3.8) is 0 Å². The van der Waals surface area contributed by atoms with Gasteiger partial charge in [0.2, 0.25) is 15.9 Å². The highest BCUT2D eigenvalue weighted by molar-refractivity contribution is 7.89. The summed E-state index contributed by atoms with van der Waals surface area (Å²) in [5.41, 5.74) is 1.22. The van der Waals surface area contributed by atoms with E-state index in [1.54, 1.807) is 31.1 Å². The first-order chi connectivity index (χ1) is 13.8. The normalized spacial score (nSPS) is 18.0. The molecule has 1 aliphatic rings. The molecule has 0 saturated carbocycles. The Morgan fingerprint density at radius 2 is 2.21 bits per heavy atom. The van der Waals surface area contributed by atoms with Crippen molar-refractivity contribution in [2.45, 2.75) is 44.2 Å². The molecule has 0 N–H and O–H groups in total. The van der Waals surface area contributed by atoms with Crippen LogP contribution in [0.25, 0.3) is 0 Å². The zero-order chi connectivity index (χ0) is 21.0. The first-order valence-corrected chi connectivity index (χ1v) is 10.9. The Hall–Kier alpha value is -2.30. The molecule has 158 valence electrons. The molecule has 3 rings (SSSR count). The molecule has 1 amide bonds. The van der Waals surface area contributed by atoms with Crippen LogP contribution in [0.4, 0.5) is 0 Å². The smallest absolute Gasteiger partial charge is 0.249 e. The molecule has 0 aliphatic carbocycles. The van der Waals surface area contributed by atoms with E-state index >= 15 is 0 Å². The van der Waals surface area contributed by atoms with Gasteiger partial charge < -0.3 is 14.2 Å². The first-order valence-electron chi connectivity index (χ1n) is 9.45. The van der Waals surface area contributed by atoms with E-state index in [0.29, 0.717) is 31.6 Å². The predicted octanol–water partition coefficient (Wildman–Crippen LogP) is 1.51. The second kappa shape index (κ2) is 9.02. The Labute approximate surface area is 170 Å². The molecule has 1 unspecified atom stereocenters. The van der Waals surface area contributed by atoms with Crippen molar-refractivity contribution in [1.29, 1.82) is 0 Å². The second-order valence-electron chi connectivity index (χ2n) is 7.13. The number of carbonyl (C=O) groups is 1. The molecule has 3 heterocycles. The van der Waals surface area contributed by atoms with Gasteiger partial charge in [0, 0.05) is 45.2 Å². The zero-order valence-electron chi connectivity index (χ0n) is 16.9. The summed E-state index contributed by atoms with van der Waals surface area (Å²) in [6, 6.07) is 3.44. The van der Waals surface area contributed by atoms with Gasteiger partial charge in [0.15, 0.2) is 5.76 Å². The van der Waals surface area contributed by atoms with Gasteiger partial charge in [-0.05, 0) is 38.3 Å². The summed E-state index contributed by atoms with van der Waals surface area (Å²) in [7, 11) is -2.29. The van der Waals surface area contributed by atoms with Crippen LogP contribution in [0.2, 0.25) is 0 Å². The van der Waals surface area contributed by atoms with Crippen LogP contribution >= 0.6 is 0 Å². The largest absolute Gasteiger partial charge is 0.375 e. The number of rotatable bonds is 7. The Bertz CT molecular complexity index is 925. The summed E-state index contributed by atoms with van der Waals surface area (Å²) in [6.45, 7) is 4.09. The fourth-order valence-electron chi connectivity index (χ4n) is 3.68. The van der Waals surface area contributed by atoms with Crippen LogP contribution in [0, 0.1) is 13.8 Å². The maximum atomic E-state index is 13.2. The topological polar surface area (TPSA) is 106 Å². The van der Waals surface area contributed by atoms with Crippen LogP contribution in [0.15, 0.2) is 33.9 Å². The van der Waals surface area contributed by atoms with Gasteiger partial charge >= 0.3 is 0 Å². The molecule has 2 aromatic rings. The Kier molecular flexibility index (Phi) is 6.66. The fourth-order valence-corrected chi connectivity index (χ4v) is 5.49. The van der Waals surface area contributed by atoms with Crippen LogP contribution in [-0.2, 0) is 26.1 Å². The molecule has 1 fully saturated rings. The molecule has 0 bridgehead atoms. The average molecular weight is 423 g/mol. The third-order valence-electron chi connectivity index (χ3n) is 5.03. The van der Waals surface area contributed by atoms with E-state index in [4.69, 9.17) is 9.26 Å². The Balaban J connectivity index is 1.85. The standard InChI is InChI=1S/C19H26N4O5S/c1-14-19(15(2)28-21-14)29(25,26)22-9-5-7-17(12-22)23(18(24)13-27-3)11-16-6-4-8-20-10-16/h4,6,8,10,17H,5,7,9,11-13H2,1-3H3. The lowest BCUT2D eigenvalue weighted by Crippen LogP contribution is -2.52. The molecule has 10 heteroatoms. The fraction of sp³-hybridized carbons (Fsp3) is 0.526. The van der Waals surface area contributed by atoms with Crippen LogP contribution in [-0.4, -0.2) is 66.5 Å². The quantitative estimate of drug-likeness (QED) is 0.666. The van der Waals surface area contributed by atoms with Crippen molar-refractivity contribution in [1.82, 2.24) is 19.3 Å². The number of ether oxygens (including phenoxy) is 1. The van der Waals surface area contributed by atoms with E-state index in [0.717, 1.165) is 5.56 Å². The molecule has 1 aliphatic heterocycles. The van der Waals surface area contributed by atoms with E-state index in [-0.39, 0.29) is 35.8 Å². The molecular weight excluding hydrogens is 396 g/mol. The molecule has 0 radical (unpaired) electrons. The van der Waals surface area contributed by atoms with Gasteiger partial charge in [-0.2, -0.15) is 4.31 Å². The summed E-state index contributed by atoms with van der Waals surface area (Å²) in [4.78, 5) is 18.6. The summed E-state index contributed by atoms with van der Waals surface area (Å²) >= 11 is 0. The lowest BCUT2D eigenvalue weighted by atomic mass is 10.0. The van der Waals surface area contributed by atoms with E-state index in [1.807, 2.05) is 12.1 Å². The van der Waals surface area contributed by atoms with Crippen molar-refractivity contribution >= 4 is 15.9 Å². The number of hydrogen-bond acceptors (Lipinski definition) is 7. The van der Waals surface area contributed by atoms with Crippen molar-refractivity contribution < 1.29 is 22.5 Å². The van der Waals surface area contributed by atoms with Gasteiger partial charge in [-0.3, -0.25) is 9.78 Å². The van der Waals surface area contributed by atoms with Gasteiger partial charge in [-0.15, -0.1) is 0 Å². The van der Waals surface area contributed by atoms with Crippen molar-refractivity contribution in [3.05, 3.63) is 41.5 Å². The highest BCUT2D eigenvalue weighted by Gasteiger charge is 2.37. The number of piperidine rings is 1. The van der Waals surface area contributed by atoms with Gasteiger partial charge in [0.05, 0.1) is 0 Å². The number of amides is 1. The van der Waals surface area contributed by atoms with Crippen LogP contribution in [0.1, 0.15) is 29.9 Å². The third kappa shape index (κ3) is 4.65. The van der Waals surface area contributed by atoms with Gasteiger partial charge in [-0.25, -0.2) is 8.42 Å². The molecule has 1 atom stereocenters. The van der Waals surface area contributed by atoms with Crippen LogP contribution < -0.4 is 0 Å². The number of methoxy groups -OCH3 is 1. The van der Waals surface area contributed by atoms with Crippen molar-refractivity contribution in [2.24, 2.45) is 0 Å². The first kappa shape index (κ1) is 21.4. The molecule has 9 nitrogen and oxygen atoms in total. The van der Waals surface area contributed by atoms with E-state index in [2.05, 4.69) is 10.1 Å². The molecule has 0 aromatic carbocycles. The maximum absolute atomic E-state index is 13.2. The number of sulfonamides is 1. The highest BCUT2D eigenvalue weighted by atomic mass is 32.2. The van der Waals surface area contributed by atoms with E-state index in [1.165, 1.54) is 11.4 Å². The minimum absolute atomic E-state index is 0.0621. The number of hydrogen-bond donors (Lipinski definition) is 0. The van der Waals surface area contributed by atoms with Crippen LogP contribution in [0.3, 0.4) is 0 Å². The maximum Gasteiger partial charge on any atom is 0.249 e. The number of pyridine rings is 1. The Morgan fingerprint density at radius 1 is 1.41 bits per heavy atom. The molecule has 2 aromatic heterocycles. The third-order valence-corrected chi connectivity index (χ3v) is 7.14. The van der Waals surface area contributed by atoms with Crippen molar-refractivity contribution in [3.8, 4) is 0 Å². The minimum Gasteiger partial charge on any atom is -0.375 e. The lowest BCUT2D eigenvalue weighted by Gasteiger charge is -2.38. The molecular formula is C19H26N4O5S. The average Bonchev–Trinajstić information content (AvgIpc) is 3.06. The summed E-state index contributed by atoms with van der Waals surface area (Å²) in [5, 5.41) is 3.77. The molecule has 1 saturated heterocycles. The molecule has 29 heavy (non-hydrogen) atoms. The number of aromatic nitrogens is 2. The van der Waals surface area contributed by atoms with Crippen molar-refractivity contribution in [2.75, 3.05) is 26.8 Å². The molecule has 0 spiro atoms. The summed E-state index contributed by atoms with van der Waals surface area (Å²) in [5.74, 6) is 0.0882. The second-order valence-corrected chi connectivity index (χ2v) is 9.00. The van der Waals surface area contributed by atoms with Gasteiger partial charge in [0.1, 0.15) is 17.2 Å². The van der Waals surface area contributed by atoms with Gasteiger partial charge in [0.25, 0.3) is 0 Å². The summed E-state index contributed by atoms with van der Waals surface area (Å²) < 4.78 is 37.9. The number of carbonyl (C=O) groups excluding carboxylic acids is 1. The summed E-state index contributed by atoms with van der Waals surface area (Å²) in [6.07, 6.45) is 4.73. The minimum atomic E-state index is -3.76.